The second kappa shape index (κ2) is 4.24. The van der Waals surface area contributed by atoms with Crippen LogP contribution in [-0.4, -0.2) is 34.6 Å². The average Bonchev–Trinajstić information content (AvgIpc) is 2.10. The summed E-state index contributed by atoms with van der Waals surface area (Å²) < 4.78 is 5.43. The van der Waals surface area contributed by atoms with Gasteiger partial charge in [-0.1, -0.05) is 6.08 Å². The summed E-state index contributed by atoms with van der Waals surface area (Å²) in [4.78, 5) is 0. The van der Waals surface area contributed by atoms with Crippen molar-refractivity contribution in [3.63, 3.8) is 0 Å². The molecule has 0 atom stereocenters. The van der Waals surface area contributed by atoms with Gasteiger partial charge >= 0.3 is 0 Å². The molecule has 1 aliphatic heterocycles. The highest BCUT2D eigenvalue weighted by Gasteiger charge is 2.40. The second-order valence-electron chi connectivity index (χ2n) is 5.39. The van der Waals surface area contributed by atoms with E-state index in [0.717, 1.165) is 13.0 Å². The molecule has 88 valence electrons. The normalized spacial score (nSPS) is 25.1. The SMILES string of the molecule is CCOCC1=CC(C)(C)N(O)C(C)(C)C1. The molecule has 0 saturated heterocycles. The van der Waals surface area contributed by atoms with Gasteiger partial charge in [-0.25, -0.2) is 0 Å². The largest absolute Gasteiger partial charge is 0.377 e. The zero-order valence-corrected chi connectivity index (χ0v) is 10.5. The van der Waals surface area contributed by atoms with Crippen LogP contribution in [0.2, 0.25) is 0 Å². The van der Waals surface area contributed by atoms with Crippen LogP contribution in [0, 0.1) is 0 Å². The van der Waals surface area contributed by atoms with Crippen molar-refractivity contribution in [2.24, 2.45) is 0 Å². The Bertz CT molecular complexity index is 256. The van der Waals surface area contributed by atoms with Crippen LogP contribution in [-0.2, 0) is 4.74 Å². The fourth-order valence-corrected chi connectivity index (χ4v) is 2.35. The molecule has 1 N–H and O–H groups in total. The maximum Gasteiger partial charge on any atom is 0.0678 e. The molecule has 0 aliphatic carbocycles. The number of ether oxygens (including phenoxy) is 1. The summed E-state index contributed by atoms with van der Waals surface area (Å²) in [5, 5.41) is 11.5. The lowest BCUT2D eigenvalue weighted by Crippen LogP contribution is -2.55. The van der Waals surface area contributed by atoms with Crippen LogP contribution < -0.4 is 0 Å². The zero-order chi connectivity index (χ0) is 11.7. The zero-order valence-electron chi connectivity index (χ0n) is 10.5. The van der Waals surface area contributed by atoms with E-state index in [1.54, 1.807) is 0 Å². The van der Waals surface area contributed by atoms with Gasteiger partial charge in [0.25, 0.3) is 0 Å². The van der Waals surface area contributed by atoms with E-state index >= 15 is 0 Å². The third-order valence-electron chi connectivity index (χ3n) is 2.83. The maximum absolute atomic E-state index is 10.1. The minimum Gasteiger partial charge on any atom is -0.377 e. The highest BCUT2D eigenvalue weighted by atomic mass is 16.5. The van der Waals surface area contributed by atoms with Gasteiger partial charge in [0.05, 0.1) is 12.1 Å². The molecule has 3 nitrogen and oxygen atoms in total. The summed E-state index contributed by atoms with van der Waals surface area (Å²) in [6.07, 6.45) is 2.96. The predicted octanol–water partition coefficient (Wildman–Crippen LogP) is 2.60. The molecule has 0 aromatic carbocycles. The van der Waals surface area contributed by atoms with Gasteiger partial charge in [-0.3, -0.25) is 0 Å². The summed E-state index contributed by atoms with van der Waals surface area (Å²) >= 11 is 0. The third-order valence-corrected chi connectivity index (χ3v) is 2.83. The molecule has 3 heteroatoms. The summed E-state index contributed by atoms with van der Waals surface area (Å²) in [5.41, 5.74) is 0.746. The number of rotatable bonds is 3. The standard InChI is InChI=1S/C12H23NO2/c1-6-15-9-10-7-11(2,3)13(14)12(4,5)8-10/h7,14H,6,8-9H2,1-5H3. The van der Waals surface area contributed by atoms with Crippen LogP contribution in [0.1, 0.15) is 41.0 Å². The summed E-state index contributed by atoms with van der Waals surface area (Å²) in [7, 11) is 0. The molecule has 0 fully saturated rings. The van der Waals surface area contributed by atoms with E-state index < -0.39 is 0 Å². The maximum atomic E-state index is 10.1. The van der Waals surface area contributed by atoms with E-state index in [2.05, 4.69) is 6.08 Å². The van der Waals surface area contributed by atoms with E-state index in [9.17, 15) is 5.21 Å². The first-order chi connectivity index (χ1) is 6.79. The molecule has 0 spiro atoms. The fraction of sp³-hybridized carbons (Fsp3) is 0.833. The van der Waals surface area contributed by atoms with E-state index in [4.69, 9.17) is 4.74 Å². The van der Waals surface area contributed by atoms with Crippen molar-refractivity contribution in [3.8, 4) is 0 Å². The van der Waals surface area contributed by atoms with Gasteiger partial charge in [-0.05, 0) is 46.6 Å². The molecule has 0 saturated carbocycles. The van der Waals surface area contributed by atoms with Crippen LogP contribution in [0.4, 0.5) is 0 Å². The molecule has 0 unspecified atom stereocenters. The molecule has 0 amide bonds. The number of hydrogen-bond acceptors (Lipinski definition) is 3. The highest BCUT2D eigenvalue weighted by molar-refractivity contribution is 5.20. The van der Waals surface area contributed by atoms with Crippen molar-refractivity contribution >= 4 is 0 Å². The van der Waals surface area contributed by atoms with Crippen molar-refractivity contribution in [1.82, 2.24) is 5.06 Å². The minimum absolute atomic E-state index is 0.218. The third kappa shape index (κ3) is 2.80. The summed E-state index contributed by atoms with van der Waals surface area (Å²) in [5.74, 6) is 0. The van der Waals surface area contributed by atoms with Gasteiger partial charge in [0, 0.05) is 12.1 Å². The Morgan fingerprint density at radius 3 is 2.47 bits per heavy atom. The highest BCUT2D eigenvalue weighted by Crippen LogP contribution is 2.35. The van der Waals surface area contributed by atoms with Gasteiger partial charge < -0.3 is 9.94 Å². The van der Waals surface area contributed by atoms with E-state index in [-0.39, 0.29) is 11.1 Å². The Hall–Kier alpha value is -0.380. The van der Waals surface area contributed by atoms with Crippen molar-refractivity contribution in [1.29, 1.82) is 0 Å². The molecule has 0 aromatic rings. The van der Waals surface area contributed by atoms with Crippen LogP contribution in [0.15, 0.2) is 11.6 Å². The smallest absolute Gasteiger partial charge is 0.0678 e. The van der Waals surface area contributed by atoms with Gasteiger partial charge in [0.15, 0.2) is 0 Å². The topological polar surface area (TPSA) is 32.7 Å². The quantitative estimate of drug-likeness (QED) is 0.731. The van der Waals surface area contributed by atoms with Gasteiger partial charge in [-0.2, -0.15) is 5.06 Å². The first-order valence-corrected chi connectivity index (χ1v) is 5.57. The Morgan fingerprint density at radius 2 is 2.00 bits per heavy atom. The minimum atomic E-state index is -0.311. The van der Waals surface area contributed by atoms with Gasteiger partial charge in [-0.15, -0.1) is 0 Å². The summed E-state index contributed by atoms with van der Waals surface area (Å²) in [6.45, 7) is 11.5. The molecule has 0 aromatic heterocycles. The monoisotopic (exact) mass is 213 g/mol. The molecule has 1 aliphatic rings. The van der Waals surface area contributed by atoms with Crippen LogP contribution in [0.25, 0.3) is 0 Å². The number of hydrogen-bond donors (Lipinski definition) is 1. The Labute approximate surface area is 92.7 Å². The molecule has 15 heavy (non-hydrogen) atoms. The summed E-state index contributed by atoms with van der Waals surface area (Å²) in [6, 6.07) is 0. The number of nitrogens with zero attached hydrogens (tertiary/aromatic N) is 1. The van der Waals surface area contributed by atoms with Crippen LogP contribution in [0.5, 0.6) is 0 Å². The van der Waals surface area contributed by atoms with Crippen LogP contribution >= 0.6 is 0 Å². The molecule has 0 radical (unpaired) electrons. The van der Waals surface area contributed by atoms with E-state index in [1.807, 2.05) is 34.6 Å². The first kappa shape index (κ1) is 12.7. The van der Waals surface area contributed by atoms with Crippen LogP contribution in [0.3, 0.4) is 0 Å². The fourth-order valence-electron chi connectivity index (χ4n) is 2.35. The average molecular weight is 213 g/mol. The molecule has 1 heterocycles. The second-order valence-corrected chi connectivity index (χ2v) is 5.39. The van der Waals surface area contributed by atoms with Crippen molar-refractivity contribution in [2.75, 3.05) is 13.2 Å². The Kier molecular flexibility index (Phi) is 3.59. The van der Waals surface area contributed by atoms with E-state index in [1.165, 1.54) is 10.6 Å². The molecular formula is C12H23NO2. The van der Waals surface area contributed by atoms with E-state index in [0.29, 0.717) is 6.61 Å². The predicted molar refractivity (Wildman–Crippen MR) is 61.0 cm³/mol. The Balaban J connectivity index is 2.83. The van der Waals surface area contributed by atoms with Crippen molar-refractivity contribution in [2.45, 2.75) is 52.1 Å². The van der Waals surface area contributed by atoms with Crippen molar-refractivity contribution in [3.05, 3.63) is 11.6 Å². The lowest BCUT2D eigenvalue weighted by molar-refractivity contribution is -0.214. The first-order valence-electron chi connectivity index (χ1n) is 5.57. The van der Waals surface area contributed by atoms with Crippen molar-refractivity contribution < 1.29 is 9.94 Å². The molecule has 1 rings (SSSR count). The number of hydroxylamine groups is 2. The molecular weight excluding hydrogens is 190 g/mol. The van der Waals surface area contributed by atoms with Gasteiger partial charge in [0.1, 0.15) is 0 Å². The molecule has 0 bridgehead atoms. The Morgan fingerprint density at radius 1 is 1.40 bits per heavy atom. The van der Waals surface area contributed by atoms with Gasteiger partial charge in [0.2, 0.25) is 0 Å². The lowest BCUT2D eigenvalue weighted by Gasteiger charge is -2.47. The lowest BCUT2D eigenvalue weighted by atomic mass is 9.83.